The highest BCUT2D eigenvalue weighted by molar-refractivity contribution is 5.78. The smallest absolute Gasteiger partial charge is 0.222 e. The van der Waals surface area contributed by atoms with Gasteiger partial charge in [-0.25, -0.2) is 0 Å². The van der Waals surface area contributed by atoms with E-state index in [1.807, 2.05) is 92.7 Å². The fourth-order valence-corrected chi connectivity index (χ4v) is 5.64. The summed E-state index contributed by atoms with van der Waals surface area (Å²) in [7, 11) is 0. The molecule has 0 saturated carbocycles. The van der Waals surface area contributed by atoms with Gasteiger partial charge in [-0.1, -0.05) is 112 Å². The normalized spacial score (nSPS) is 11.7. The molecule has 44 heavy (non-hydrogen) atoms. The summed E-state index contributed by atoms with van der Waals surface area (Å²) in [5.41, 5.74) is 7.23. The van der Waals surface area contributed by atoms with E-state index in [2.05, 4.69) is 57.4 Å². The number of nitrogens with zero attached hydrogens (tertiary/aromatic N) is 4. The largest absolute Gasteiger partial charge is 0.512 e. The Balaban J connectivity index is 1.51. The third-order valence-corrected chi connectivity index (χ3v) is 7.96. The van der Waals surface area contributed by atoms with Crippen molar-refractivity contribution >= 4 is 11.0 Å². The van der Waals surface area contributed by atoms with E-state index >= 15 is 0 Å². The van der Waals surface area contributed by atoms with Crippen molar-refractivity contribution in [2.75, 3.05) is 0 Å². The molecule has 7 aromatic rings. The second-order valence-corrected chi connectivity index (χ2v) is 11.9. The summed E-state index contributed by atoms with van der Waals surface area (Å²) in [6.45, 7) is 6.64. The molecule has 2 N–H and O–H groups in total. The van der Waals surface area contributed by atoms with Crippen molar-refractivity contribution in [3.63, 3.8) is 0 Å². The van der Waals surface area contributed by atoms with Gasteiger partial charge >= 0.3 is 0 Å². The number of imidazole rings is 2. The minimum Gasteiger partial charge on any atom is -0.512 e. The average molecular weight is 577 g/mol. The van der Waals surface area contributed by atoms with Gasteiger partial charge in [0.1, 0.15) is 11.5 Å². The summed E-state index contributed by atoms with van der Waals surface area (Å²) in [5.74, 6) is 1.51. The van der Waals surface area contributed by atoms with Gasteiger partial charge in [0.25, 0.3) is 0 Å². The lowest BCUT2D eigenvalue weighted by Gasteiger charge is -2.22. The number of hydrogen-bond donors (Lipinski definition) is 2. The average Bonchev–Trinajstić information content (AvgIpc) is 3.64. The molecule has 0 spiro atoms. The molecule has 0 aliphatic carbocycles. The highest BCUT2D eigenvalue weighted by atomic mass is 16.3. The maximum atomic E-state index is 11.0. The van der Waals surface area contributed by atoms with Gasteiger partial charge in [-0.3, -0.25) is 9.13 Å². The molecule has 0 saturated heterocycles. The molecule has 0 aliphatic rings. The van der Waals surface area contributed by atoms with E-state index < -0.39 is 0 Å². The summed E-state index contributed by atoms with van der Waals surface area (Å²) in [6, 6.07) is 39.3. The van der Waals surface area contributed by atoms with Crippen LogP contribution in [0.5, 0.6) is 11.5 Å². The summed E-state index contributed by atoms with van der Waals surface area (Å²) < 4.78 is 5.79. The van der Waals surface area contributed by atoms with Crippen molar-refractivity contribution in [2.45, 2.75) is 26.2 Å². The van der Waals surface area contributed by atoms with Crippen LogP contribution in [0.3, 0.4) is 0 Å². The minimum atomic E-state index is -0.0433. The molecular formula is C38H32N4O2. The van der Waals surface area contributed by atoms with E-state index in [0.29, 0.717) is 22.9 Å². The zero-order valence-corrected chi connectivity index (χ0v) is 24.8. The molecule has 2 aromatic heterocycles. The molecule has 0 fully saturated rings. The Labute approximate surface area is 256 Å². The number of para-hydroxylation sites is 5. The molecule has 0 amide bonds. The first kappa shape index (κ1) is 27.2. The molecule has 0 bridgehead atoms. The standard InChI is InChI=1S/C38H32N4O2/c1-38(2,3)27-21-22-30(29(23-27)26-13-5-4-6-14-26)40-24-36(39-37(40)28-15-7-11-19-34(28)43)42-25-41(31-16-8-9-17-32(31)42)33-18-10-12-20-35(33)44/h4-24,43-44H,1-3H3. The lowest BCUT2D eigenvalue weighted by Crippen LogP contribution is -2.30. The van der Waals surface area contributed by atoms with Crippen LogP contribution in [-0.4, -0.2) is 24.3 Å². The number of rotatable bonds is 5. The molecule has 0 aliphatic heterocycles. The van der Waals surface area contributed by atoms with Crippen molar-refractivity contribution in [2.24, 2.45) is 0 Å². The zero-order valence-electron chi connectivity index (χ0n) is 24.8. The van der Waals surface area contributed by atoms with E-state index in [9.17, 15) is 10.2 Å². The topological polar surface area (TPSA) is 67.1 Å². The van der Waals surface area contributed by atoms with Crippen molar-refractivity contribution in [1.82, 2.24) is 14.1 Å². The lowest BCUT2D eigenvalue weighted by atomic mass is 9.85. The van der Waals surface area contributed by atoms with Gasteiger partial charge in [0.2, 0.25) is 11.6 Å². The van der Waals surface area contributed by atoms with Crippen molar-refractivity contribution < 1.29 is 14.8 Å². The first-order valence-electron chi connectivity index (χ1n) is 14.6. The van der Waals surface area contributed by atoms with Gasteiger partial charge in [-0.2, -0.15) is 0 Å². The van der Waals surface area contributed by atoms with Gasteiger partial charge < -0.3 is 14.8 Å². The molecule has 5 aromatic carbocycles. The number of aromatic hydroxyl groups is 2. The monoisotopic (exact) mass is 576 g/mol. The van der Waals surface area contributed by atoms with E-state index in [0.717, 1.165) is 27.8 Å². The van der Waals surface area contributed by atoms with E-state index in [4.69, 9.17) is 4.98 Å². The van der Waals surface area contributed by atoms with Gasteiger partial charge in [-0.05, 0) is 46.9 Å². The number of phenolic OH excluding ortho intramolecular Hbond substituents is 2. The SMILES string of the molecule is CC(C)(C)c1ccc(-n2cc(-[n+]3[c-]n(-c4ccccc4O)c4ccccc43)nc2-c2ccccc2O)c(-c2ccccc2)c1. The van der Waals surface area contributed by atoms with E-state index in [1.165, 1.54) is 5.56 Å². The van der Waals surface area contributed by atoms with Crippen molar-refractivity contribution in [3.8, 4) is 51.2 Å². The third kappa shape index (κ3) is 4.71. The molecule has 6 nitrogen and oxygen atoms in total. The van der Waals surface area contributed by atoms with Gasteiger partial charge in [0.05, 0.1) is 23.1 Å². The first-order chi connectivity index (χ1) is 21.3. The number of fused-ring (bicyclic) bond motifs is 1. The summed E-state index contributed by atoms with van der Waals surface area (Å²) in [5, 5.41) is 21.7. The Morgan fingerprint density at radius 1 is 0.682 bits per heavy atom. The van der Waals surface area contributed by atoms with Crippen LogP contribution in [0.4, 0.5) is 0 Å². The van der Waals surface area contributed by atoms with Crippen molar-refractivity contribution in [1.29, 1.82) is 0 Å². The van der Waals surface area contributed by atoms with Gasteiger partial charge in [0.15, 0.2) is 6.33 Å². The molecule has 0 radical (unpaired) electrons. The molecule has 6 heteroatoms. The Bertz CT molecular complexity index is 2130. The Kier molecular flexibility index (Phi) is 6.55. The lowest BCUT2D eigenvalue weighted by molar-refractivity contribution is -0.576. The fourth-order valence-electron chi connectivity index (χ4n) is 5.64. The molecule has 0 atom stereocenters. The van der Waals surface area contributed by atoms with E-state index in [-0.39, 0.29) is 16.9 Å². The number of hydrogen-bond acceptors (Lipinski definition) is 3. The van der Waals surface area contributed by atoms with E-state index in [1.54, 1.807) is 18.2 Å². The molecule has 0 unspecified atom stereocenters. The minimum absolute atomic E-state index is 0.0433. The predicted molar refractivity (Wildman–Crippen MR) is 174 cm³/mol. The Hall–Kier alpha value is -5.62. The maximum absolute atomic E-state index is 11.0. The Morgan fingerprint density at radius 2 is 1.36 bits per heavy atom. The Morgan fingerprint density at radius 3 is 2.11 bits per heavy atom. The quantitative estimate of drug-likeness (QED) is 0.162. The number of benzene rings is 5. The molecule has 216 valence electrons. The zero-order chi connectivity index (χ0) is 30.4. The summed E-state index contributed by atoms with van der Waals surface area (Å²) >= 11 is 0. The number of phenols is 2. The maximum Gasteiger partial charge on any atom is 0.222 e. The second-order valence-electron chi connectivity index (χ2n) is 11.9. The third-order valence-electron chi connectivity index (χ3n) is 7.96. The molecule has 7 rings (SSSR count). The van der Waals surface area contributed by atoms with Crippen LogP contribution in [0, 0.1) is 6.33 Å². The van der Waals surface area contributed by atoms with Crippen LogP contribution in [0.1, 0.15) is 26.3 Å². The highest BCUT2D eigenvalue weighted by Gasteiger charge is 2.24. The van der Waals surface area contributed by atoms with Crippen LogP contribution >= 0.6 is 0 Å². The van der Waals surface area contributed by atoms with Crippen LogP contribution in [0.15, 0.2) is 128 Å². The first-order valence-corrected chi connectivity index (χ1v) is 14.6. The van der Waals surface area contributed by atoms with Crippen molar-refractivity contribution in [3.05, 3.63) is 139 Å². The molecular weight excluding hydrogens is 544 g/mol. The highest BCUT2D eigenvalue weighted by Crippen LogP contribution is 2.37. The fraction of sp³-hybridized carbons (Fsp3) is 0.105. The van der Waals surface area contributed by atoms with Crippen LogP contribution < -0.4 is 4.57 Å². The van der Waals surface area contributed by atoms with Gasteiger partial charge in [-0.15, -0.1) is 4.98 Å². The van der Waals surface area contributed by atoms with Gasteiger partial charge in [0, 0.05) is 16.6 Å². The van der Waals surface area contributed by atoms with Crippen LogP contribution in [-0.2, 0) is 5.41 Å². The predicted octanol–water partition coefficient (Wildman–Crippen LogP) is 7.94. The summed E-state index contributed by atoms with van der Waals surface area (Å²) in [4.78, 5) is 5.13. The number of aromatic nitrogens is 4. The van der Waals surface area contributed by atoms with Crippen LogP contribution in [0.25, 0.3) is 50.7 Å². The second kappa shape index (κ2) is 10.6. The van der Waals surface area contributed by atoms with Crippen LogP contribution in [0.2, 0.25) is 0 Å². The summed E-state index contributed by atoms with van der Waals surface area (Å²) in [6.07, 6.45) is 5.42. The molecule has 2 heterocycles.